The number of nitrogens with one attached hydrogen (secondary N) is 1. The molecule has 1 unspecified atom stereocenters. The smallest absolute Gasteiger partial charge is 0.223 e. The van der Waals surface area contributed by atoms with Crippen molar-refractivity contribution in [1.82, 2.24) is 20.4 Å². The third kappa shape index (κ3) is 3.81. The van der Waals surface area contributed by atoms with Crippen LogP contribution in [0.3, 0.4) is 0 Å². The zero-order valence-electron chi connectivity index (χ0n) is 16.9. The van der Waals surface area contributed by atoms with E-state index in [0.717, 1.165) is 43.2 Å². The van der Waals surface area contributed by atoms with Crippen LogP contribution in [0.2, 0.25) is 0 Å². The second-order valence-corrected chi connectivity index (χ2v) is 7.92. The highest BCUT2D eigenvalue weighted by Crippen LogP contribution is 2.37. The van der Waals surface area contributed by atoms with Gasteiger partial charge in [-0.1, -0.05) is 48.7 Å². The number of carbonyl (C=O) groups is 2. The molecule has 1 fully saturated rings. The topological polar surface area (TPSA) is 88.3 Å². The molecule has 7 nitrogen and oxygen atoms in total. The molecule has 0 saturated heterocycles. The van der Waals surface area contributed by atoms with Crippen molar-refractivity contribution in [3.8, 4) is 0 Å². The highest BCUT2D eigenvalue weighted by Gasteiger charge is 2.40. The van der Waals surface area contributed by atoms with Gasteiger partial charge in [-0.2, -0.15) is 4.98 Å². The van der Waals surface area contributed by atoms with Gasteiger partial charge in [-0.3, -0.25) is 9.59 Å². The quantitative estimate of drug-likeness (QED) is 0.856. The van der Waals surface area contributed by atoms with Gasteiger partial charge in [-0.05, 0) is 30.0 Å². The Morgan fingerprint density at radius 2 is 2.00 bits per heavy atom. The zero-order valence-corrected chi connectivity index (χ0v) is 16.9. The number of aryl methyl sites for hydroxylation is 1. The second-order valence-electron chi connectivity index (χ2n) is 7.92. The maximum atomic E-state index is 13.2. The van der Waals surface area contributed by atoms with Crippen molar-refractivity contribution in [3.63, 3.8) is 0 Å². The summed E-state index contributed by atoms with van der Waals surface area (Å²) in [5.74, 6) is 0.842. The Morgan fingerprint density at radius 3 is 2.69 bits per heavy atom. The number of fused-ring (bicyclic) bond motifs is 1. The van der Waals surface area contributed by atoms with Gasteiger partial charge in [0.05, 0.1) is 12.5 Å². The Hall–Kier alpha value is -2.96. The molecule has 2 aliphatic rings. The number of nitrogens with zero attached hydrogens (tertiary/aromatic N) is 3. The Morgan fingerprint density at radius 1 is 1.24 bits per heavy atom. The fraction of sp³-hybridized carbons (Fsp3) is 0.455. The molecule has 0 spiro atoms. The molecule has 1 aromatic heterocycles. The number of benzene rings is 1. The van der Waals surface area contributed by atoms with E-state index in [1.807, 2.05) is 30.3 Å². The summed E-state index contributed by atoms with van der Waals surface area (Å²) < 4.78 is 5.19. The van der Waals surface area contributed by atoms with Gasteiger partial charge in [0, 0.05) is 20.0 Å². The van der Waals surface area contributed by atoms with E-state index in [9.17, 15) is 9.59 Å². The number of amides is 2. The van der Waals surface area contributed by atoms with Crippen LogP contribution in [0.25, 0.3) is 6.08 Å². The summed E-state index contributed by atoms with van der Waals surface area (Å²) in [6.07, 6.45) is 8.57. The van der Waals surface area contributed by atoms with Crippen LogP contribution < -0.4 is 5.32 Å². The van der Waals surface area contributed by atoms with Crippen LogP contribution in [0.4, 0.5) is 0 Å². The minimum Gasteiger partial charge on any atom is -0.343 e. The fourth-order valence-corrected chi connectivity index (χ4v) is 4.46. The maximum Gasteiger partial charge on any atom is 0.223 e. The third-order valence-corrected chi connectivity index (χ3v) is 5.89. The molecule has 4 rings (SSSR count). The predicted octanol–water partition coefficient (Wildman–Crippen LogP) is 3.62. The number of carbonyl (C=O) groups excluding carboxylic acids is 2. The highest BCUT2D eigenvalue weighted by atomic mass is 16.5. The van der Waals surface area contributed by atoms with Crippen molar-refractivity contribution in [2.75, 3.05) is 0 Å². The lowest BCUT2D eigenvalue weighted by Crippen LogP contribution is -2.49. The lowest BCUT2D eigenvalue weighted by molar-refractivity contribution is -0.130. The Labute approximate surface area is 170 Å². The third-order valence-electron chi connectivity index (χ3n) is 5.89. The molecule has 152 valence electrons. The molecular formula is C22H26N4O3. The number of aromatic nitrogens is 2. The van der Waals surface area contributed by atoms with Crippen molar-refractivity contribution in [2.45, 2.75) is 64.0 Å². The molecular weight excluding hydrogens is 368 g/mol. The molecule has 29 heavy (non-hydrogen) atoms. The molecule has 1 atom stereocenters. The number of rotatable bonds is 4. The van der Waals surface area contributed by atoms with Crippen LogP contribution in [-0.2, 0) is 15.1 Å². The van der Waals surface area contributed by atoms with E-state index >= 15 is 0 Å². The summed E-state index contributed by atoms with van der Waals surface area (Å²) in [5, 5.41) is 7.33. The van der Waals surface area contributed by atoms with E-state index in [-0.39, 0.29) is 24.3 Å². The van der Waals surface area contributed by atoms with Crippen LogP contribution in [0.5, 0.6) is 0 Å². The molecule has 1 N–H and O–H groups in total. The predicted molar refractivity (Wildman–Crippen MR) is 107 cm³/mol. The fourth-order valence-electron chi connectivity index (χ4n) is 4.46. The largest absolute Gasteiger partial charge is 0.343 e. The minimum atomic E-state index is -0.599. The molecule has 1 aliphatic carbocycles. The average molecular weight is 394 g/mol. The SMILES string of the molecule is CC(=O)N1C=Cc2ccccc2C1CC(=O)NC1(c2noc(C)n2)CCCCC1. The van der Waals surface area contributed by atoms with Crippen LogP contribution in [0.1, 0.15) is 74.3 Å². The van der Waals surface area contributed by atoms with Crippen LogP contribution in [0, 0.1) is 6.92 Å². The molecule has 0 radical (unpaired) electrons. The summed E-state index contributed by atoms with van der Waals surface area (Å²) in [6, 6.07) is 7.54. The van der Waals surface area contributed by atoms with Gasteiger partial charge in [-0.25, -0.2) is 0 Å². The minimum absolute atomic E-state index is 0.0882. The Balaban J connectivity index is 1.58. The van der Waals surface area contributed by atoms with Gasteiger partial charge < -0.3 is 14.7 Å². The van der Waals surface area contributed by atoms with Crippen LogP contribution in [-0.4, -0.2) is 26.9 Å². The first-order chi connectivity index (χ1) is 14.0. The molecule has 2 heterocycles. The molecule has 0 bridgehead atoms. The van der Waals surface area contributed by atoms with E-state index in [1.165, 1.54) is 6.92 Å². The summed E-state index contributed by atoms with van der Waals surface area (Å²) >= 11 is 0. The first kappa shape index (κ1) is 19.4. The van der Waals surface area contributed by atoms with Crippen molar-refractivity contribution >= 4 is 17.9 Å². The lowest BCUT2D eigenvalue weighted by atomic mass is 9.80. The first-order valence-corrected chi connectivity index (χ1v) is 10.2. The van der Waals surface area contributed by atoms with Gasteiger partial charge >= 0.3 is 0 Å². The number of hydrogen-bond donors (Lipinski definition) is 1. The highest BCUT2D eigenvalue weighted by molar-refractivity contribution is 5.82. The Kier molecular flexibility index (Phi) is 5.22. The molecule has 2 amide bonds. The van der Waals surface area contributed by atoms with Gasteiger partial charge in [0.15, 0.2) is 5.82 Å². The zero-order chi connectivity index (χ0) is 20.4. The van der Waals surface area contributed by atoms with Gasteiger partial charge in [0.1, 0.15) is 5.54 Å². The van der Waals surface area contributed by atoms with Gasteiger partial charge in [0.2, 0.25) is 17.7 Å². The van der Waals surface area contributed by atoms with E-state index in [2.05, 4.69) is 15.5 Å². The first-order valence-electron chi connectivity index (χ1n) is 10.2. The van der Waals surface area contributed by atoms with E-state index in [4.69, 9.17) is 4.52 Å². The summed E-state index contributed by atoms with van der Waals surface area (Å²) in [7, 11) is 0. The molecule has 7 heteroatoms. The lowest BCUT2D eigenvalue weighted by Gasteiger charge is -2.37. The van der Waals surface area contributed by atoms with Gasteiger partial charge in [0.25, 0.3) is 0 Å². The Bertz CT molecular complexity index is 943. The molecule has 2 aromatic rings. The van der Waals surface area contributed by atoms with Crippen molar-refractivity contribution in [3.05, 3.63) is 53.3 Å². The molecule has 1 aromatic carbocycles. The average Bonchev–Trinajstić information content (AvgIpc) is 3.16. The van der Waals surface area contributed by atoms with Crippen molar-refractivity contribution < 1.29 is 14.1 Å². The molecule has 1 saturated carbocycles. The van der Waals surface area contributed by atoms with Crippen molar-refractivity contribution in [1.29, 1.82) is 0 Å². The molecule has 1 aliphatic heterocycles. The van der Waals surface area contributed by atoms with E-state index in [1.54, 1.807) is 18.0 Å². The van der Waals surface area contributed by atoms with Gasteiger partial charge in [-0.15, -0.1) is 0 Å². The summed E-state index contributed by atoms with van der Waals surface area (Å²) in [4.78, 5) is 31.4. The second kappa shape index (κ2) is 7.81. The number of hydrogen-bond acceptors (Lipinski definition) is 5. The van der Waals surface area contributed by atoms with Crippen LogP contribution in [0.15, 0.2) is 35.0 Å². The summed E-state index contributed by atoms with van der Waals surface area (Å²) in [5.41, 5.74) is 1.41. The van der Waals surface area contributed by atoms with Crippen molar-refractivity contribution in [2.24, 2.45) is 0 Å². The monoisotopic (exact) mass is 394 g/mol. The standard InChI is InChI=1S/C22H26N4O3/c1-15-23-21(25-29-15)22(11-6-3-7-12-22)24-20(28)14-19-18-9-5-4-8-17(18)10-13-26(19)16(2)27/h4-5,8-10,13,19H,3,6-7,11-12,14H2,1-2H3,(H,24,28). The summed E-state index contributed by atoms with van der Waals surface area (Å²) in [6.45, 7) is 3.28. The van der Waals surface area contributed by atoms with Crippen LogP contribution >= 0.6 is 0 Å². The maximum absolute atomic E-state index is 13.2. The van der Waals surface area contributed by atoms with E-state index in [0.29, 0.717) is 11.7 Å². The van der Waals surface area contributed by atoms with E-state index < -0.39 is 5.54 Å². The normalized spacial score (nSPS) is 20.2.